The minimum atomic E-state index is -3.10. The first-order valence-electron chi connectivity index (χ1n) is 9.43. The van der Waals surface area contributed by atoms with Gasteiger partial charge in [-0.25, -0.2) is 13.1 Å². The molecule has 1 fully saturated rings. The van der Waals surface area contributed by atoms with Gasteiger partial charge in [0.15, 0.2) is 16.4 Å². The summed E-state index contributed by atoms with van der Waals surface area (Å²) in [5.41, 5.74) is 1.54. The van der Waals surface area contributed by atoms with Crippen molar-refractivity contribution < 1.29 is 17.9 Å². The summed E-state index contributed by atoms with van der Waals surface area (Å²) in [7, 11) is -3.10. The lowest BCUT2D eigenvalue weighted by molar-refractivity contribution is -0.118. The number of nitrogens with zero attached hydrogens (tertiary/aromatic N) is 2. The van der Waals surface area contributed by atoms with Crippen LogP contribution in [0.25, 0.3) is 11.3 Å². The van der Waals surface area contributed by atoms with Crippen molar-refractivity contribution in [3.05, 3.63) is 65.7 Å². The Morgan fingerprint density at radius 2 is 1.90 bits per heavy atom. The van der Waals surface area contributed by atoms with Crippen LogP contribution in [0, 0.1) is 0 Å². The molecule has 0 aliphatic carbocycles. The van der Waals surface area contributed by atoms with Gasteiger partial charge < -0.3 is 10.1 Å². The maximum atomic E-state index is 12.5. The summed E-state index contributed by atoms with van der Waals surface area (Å²) in [6.45, 7) is -0.198. The van der Waals surface area contributed by atoms with Gasteiger partial charge in [0.05, 0.1) is 23.2 Å². The number of aromatic nitrogens is 2. The van der Waals surface area contributed by atoms with Crippen LogP contribution in [-0.2, 0) is 14.6 Å². The number of carbonyl (C=O) groups excluding carboxylic acids is 1. The number of hydrogen-bond acceptors (Lipinski definition) is 5. The Balaban J connectivity index is 1.53. The van der Waals surface area contributed by atoms with Crippen molar-refractivity contribution in [1.82, 2.24) is 9.78 Å². The third-order valence-electron chi connectivity index (χ3n) is 4.81. The predicted molar refractivity (Wildman–Crippen MR) is 116 cm³/mol. The van der Waals surface area contributed by atoms with E-state index in [4.69, 9.17) is 16.3 Å². The van der Waals surface area contributed by atoms with Crippen LogP contribution in [0.2, 0.25) is 5.02 Å². The van der Waals surface area contributed by atoms with E-state index in [1.54, 1.807) is 35.0 Å². The van der Waals surface area contributed by atoms with Gasteiger partial charge in [0.2, 0.25) is 0 Å². The van der Waals surface area contributed by atoms with Crippen LogP contribution < -0.4 is 10.1 Å². The highest BCUT2D eigenvalue weighted by Crippen LogP contribution is 2.30. The minimum Gasteiger partial charge on any atom is -0.484 e. The van der Waals surface area contributed by atoms with E-state index in [2.05, 4.69) is 10.4 Å². The quantitative estimate of drug-likeness (QED) is 0.626. The third kappa shape index (κ3) is 4.83. The fourth-order valence-corrected chi connectivity index (χ4v) is 5.16. The van der Waals surface area contributed by atoms with Crippen LogP contribution in [0.4, 0.5) is 5.82 Å². The molecule has 1 unspecified atom stereocenters. The average molecular weight is 446 g/mol. The van der Waals surface area contributed by atoms with Crippen LogP contribution in [0.15, 0.2) is 60.7 Å². The summed E-state index contributed by atoms with van der Waals surface area (Å²) in [4.78, 5) is 12.5. The summed E-state index contributed by atoms with van der Waals surface area (Å²) < 4.78 is 31.0. The number of nitrogens with one attached hydrogen (secondary N) is 1. The van der Waals surface area contributed by atoms with Gasteiger partial charge in [0.25, 0.3) is 5.91 Å². The molecule has 4 rings (SSSR count). The molecule has 1 aliphatic rings. The number of rotatable bonds is 6. The van der Waals surface area contributed by atoms with Gasteiger partial charge in [-0.05, 0) is 30.7 Å². The van der Waals surface area contributed by atoms with Gasteiger partial charge in [-0.15, -0.1) is 0 Å². The van der Waals surface area contributed by atoms with Crippen molar-refractivity contribution in [1.29, 1.82) is 0 Å². The zero-order chi connectivity index (χ0) is 21.1. The van der Waals surface area contributed by atoms with Crippen molar-refractivity contribution in [3.8, 4) is 17.0 Å². The number of benzene rings is 2. The fourth-order valence-electron chi connectivity index (χ4n) is 3.34. The molecule has 2 heterocycles. The molecule has 0 spiro atoms. The van der Waals surface area contributed by atoms with E-state index in [0.29, 0.717) is 28.7 Å². The molecule has 0 saturated carbocycles. The van der Waals surface area contributed by atoms with Crippen LogP contribution in [0.3, 0.4) is 0 Å². The van der Waals surface area contributed by atoms with Crippen LogP contribution in [0.1, 0.15) is 12.5 Å². The summed E-state index contributed by atoms with van der Waals surface area (Å²) in [6.07, 6.45) is 0.461. The molecular formula is C21H20ClN3O4S. The first kappa shape index (κ1) is 20.4. The van der Waals surface area contributed by atoms with Gasteiger partial charge in [-0.1, -0.05) is 41.9 Å². The zero-order valence-electron chi connectivity index (χ0n) is 16.0. The molecule has 1 saturated heterocycles. The van der Waals surface area contributed by atoms with Crippen LogP contribution >= 0.6 is 11.6 Å². The highest BCUT2D eigenvalue weighted by Gasteiger charge is 2.31. The maximum absolute atomic E-state index is 12.5. The first-order chi connectivity index (χ1) is 14.4. The number of hydrogen-bond donors (Lipinski definition) is 1. The fraction of sp³-hybridized carbons (Fsp3) is 0.238. The molecule has 9 heteroatoms. The Kier molecular flexibility index (Phi) is 5.78. The average Bonchev–Trinajstić information content (AvgIpc) is 3.31. The zero-order valence-corrected chi connectivity index (χ0v) is 17.6. The smallest absolute Gasteiger partial charge is 0.263 e. The second-order valence-corrected chi connectivity index (χ2v) is 9.74. The number of amides is 1. The summed E-state index contributed by atoms with van der Waals surface area (Å²) in [5.74, 6) is 0.723. The largest absolute Gasteiger partial charge is 0.484 e. The van der Waals surface area contributed by atoms with E-state index in [1.807, 2.05) is 30.3 Å². The topological polar surface area (TPSA) is 90.3 Å². The molecule has 1 atom stereocenters. The number of anilines is 1. The van der Waals surface area contributed by atoms with Gasteiger partial charge in [-0.3, -0.25) is 4.79 Å². The number of carbonyl (C=O) groups is 1. The lowest BCUT2D eigenvalue weighted by Crippen LogP contribution is -2.23. The Morgan fingerprint density at radius 3 is 2.57 bits per heavy atom. The molecule has 3 aromatic rings. The second-order valence-electron chi connectivity index (χ2n) is 7.07. The third-order valence-corrected chi connectivity index (χ3v) is 6.81. The monoisotopic (exact) mass is 445 g/mol. The van der Waals surface area contributed by atoms with E-state index in [-0.39, 0.29) is 30.1 Å². The van der Waals surface area contributed by atoms with Gasteiger partial charge in [0, 0.05) is 16.7 Å². The molecular weight excluding hydrogens is 426 g/mol. The van der Waals surface area contributed by atoms with Crippen LogP contribution in [-0.4, -0.2) is 42.2 Å². The molecule has 1 amide bonds. The van der Waals surface area contributed by atoms with Gasteiger partial charge >= 0.3 is 0 Å². The lowest BCUT2D eigenvalue weighted by Gasteiger charge is -2.14. The van der Waals surface area contributed by atoms with Gasteiger partial charge in [-0.2, -0.15) is 5.10 Å². The Labute approximate surface area is 179 Å². The Hall–Kier alpha value is -2.84. The molecule has 1 N–H and O–H groups in total. The standard InChI is InChI=1S/C21H20ClN3O4S/c22-16-6-8-18(9-7-16)29-13-21(26)23-20-12-19(15-4-2-1-3-5-15)24-25(20)17-10-11-30(27,28)14-17/h1-9,12,17H,10-11,13-14H2,(H,23,26). The molecule has 0 radical (unpaired) electrons. The van der Waals surface area contributed by atoms with Crippen molar-refractivity contribution in [2.45, 2.75) is 12.5 Å². The molecule has 30 heavy (non-hydrogen) atoms. The molecule has 1 aromatic heterocycles. The molecule has 1 aliphatic heterocycles. The van der Waals surface area contributed by atoms with Crippen LogP contribution in [0.5, 0.6) is 5.75 Å². The second kappa shape index (κ2) is 8.49. The van der Waals surface area contributed by atoms with E-state index < -0.39 is 9.84 Å². The van der Waals surface area contributed by atoms with Crippen molar-refractivity contribution >= 4 is 33.2 Å². The first-order valence-corrected chi connectivity index (χ1v) is 11.6. The van der Waals surface area contributed by atoms with E-state index in [1.165, 1.54) is 0 Å². The van der Waals surface area contributed by atoms with Crippen molar-refractivity contribution in [3.63, 3.8) is 0 Å². The lowest BCUT2D eigenvalue weighted by atomic mass is 10.1. The maximum Gasteiger partial charge on any atom is 0.263 e. The SMILES string of the molecule is O=C(COc1ccc(Cl)cc1)Nc1cc(-c2ccccc2)nn1C1CCS(=O)(=O)C1. The van der Waals surface area contributed by atoms with E-state index >= 15 is 0 Å². The summed E-state index contributed by atoms with van der Waals surface area (Å²) in [6, 6.07) is 17.7. The number of sulfone groups is 1. The van der Waals surface area contributed by atoms with Crippen molar-refractivity contribution in [2.75, 3.05) is 23.4 Å². The Bertz CT molecular complexity index is 1140. The molecule has 0 bridgehead atoms. The Morgan fingerprint density at radius 1 is 1.17 bits per heavy atom. The predicted octanol–water partition coefficient (Wildman–Crippen LogP) is 3.58. The van der Waals surface area contributed by atoms with E-state index in [9.17, 15) is 13.2 Å². The minimum absolute atomic E-state index is 0.00700. The van der Waals surface area contributed by atoms with E-state index in [0.717, 1.165) is 5.56 Å². The number of halogens is 1. The van der Waals surface area contributed by atoms with Gasteiger partial charge in [0.1, 0.15) is 11.6 Å². The van der Waals surface area contributed by atoms with Crippen molar-refractivity contribution in [2.24, 2.45) is 0 Å². The summed E-state index contributed by atoms with van der Waals surface area (Å²) in [5, 5.41) is 7.97. The summed E-state index contributed by atoms with van der Waals surface area (Å²) >= 11 is 5.85. The number of ether oxygens (including phenoxy) is 1. The highest BCUT2D eigenvalue weighted by atomic mass is 35.5. The molecule has 7 nitrogen and oxygen atoms in total. The molecule has 2 aromatic carbocycles. The molecule has 156 valence electrons. The normalized spacial score (nSPS) is 17.6. The highest BCUT2D eigenvalue weighted by molar-refractivity contribution is 7.91.